The Morgan fingerprint density at radius 2 is 1.86 bits per heavy atom. The van der Waals surface area contributed by atoms with Crippen molar-refractivity contribution in [2.24, 2.45) is 0 Å². The summed E-state index contributed by atoms with van der Waals surface area (Å²) >= 11 is 7.89. The number of thioether (sulfide) groups is 1. The SMILES string of the molecule is CSc1nccn1-c1cccc(C(=O)N2CCN(c3ccccc3Cl)CC2)c1. The lowest BCUT2D eigenvalue weighted by atomic mass is 10.1. The van der Waals surface area contributed by atoms with Gasteiger partial charge in [0.1, 0.15) is 0 Å². The number of hydrogen-bond acceptors (Lipinski definition) is 4. The van der Waals surface area contributed by atoms with Crippen molar-refractivity contribution >= 4 is 35.0 Å². The molecule has 1 aliphatic rings. The maximum atomic E-state index is 13.0. The number of para-hydroxylation sites is 1. The summed E-state index contributed by atoms with van der Waals surface area (Å²) in [5.41, 5.74) is 2.68. The molecule has 144 valence electrons. The monoisotopic (exact) mass is 412 g/mol. The average molecular weight is 413 g/mol. The second-order valence-electron chi connectivity index (χ2n) is 6.56. The third-order valence-electron chi connectivity index (χ3n) is 4.92. The van der Waals surface area contributed by atoms with E-state index in [1.54, 1.807) is 18.0 Å². The predicted octanol–water partition coefficient (Wildman–Crippen LogP) is 4.21. The van der Waals surface area contributed by atoms with E-state index in [1.165, 1.54) is 0 Å². The number of halogens is 1. The number of imidazole rings is 1. The van der Waals surface area contributed by atoms with Crippen LogP contribution in [0.15, 0.2) is 66.1 Å². The summed E-state index contributed by atoms with van der Waals surface area (Å²) in [4.78, 5) is 21.5. The molecule has 0 aliphatic carbocycles. The molecule has 0 bridgehead atoms. The fraction of sp³-hybridized carbons (Fsp3) is 0.238. The highest BCUT2D eigenvalue weighted by Gasteiger charge is 2.23. The lowest BCUT2D eigenvalue weighted by Crippen LogP contribution is -2.48. The molecule has 1 aliphatic heterocycles. The van der Waals surface area contributed by atoms with Crippen molar-refractivity contribution in [3.05, 3.63) is 71.5 Å². The molecule has 1 aromatic heterocycles. The lowest BCUT2D eigenvalue weighted by Gasteiger charge is -2.36. The van der Waals surface area contributed by atoms with Gasteiger partial charge in [0.15, 0.2) is 5.16 Å². The normalized spacial score (nSPS) is 14.4. The van der Waals surface area contributed by atoms with Crippen molar-refractivity contribution in [1.29, 1.82) is 0 Å². The molecule has 0 saturated carbocycles. The van der Waals surface area contributed by atoms with Gasteiger partial charge in [-0.15, -0.1) is 0 Å². The smallest absolute Gasteiger partial charge is 0.254 e. The molecule has 5 nitrogen and oxygen atoms in total. The Morgan fingerprint density at radius 1 is 1.07 bits per heavy atom. The Kier molecular flexibility index (Phi) is 5.59. The number of anilines is 1. The van der Waals surface area contributed by atoms with Crippen LogP contribution in [0, 0.1) is 0 Å². The van der Waals surface area contributed by atoms with Crippen LogP contribution in [0.1, 0.15) is 10.4 Å². The molecule has 2 aromatic carbocycles. The molecule has 1 amide bonds. The van der Waals surface area contributed by atoms with E-state index >= 15 is 0 Å². The Balaban J connectivity index is 1.47. The van der Waals surface area contributed by atoms with Crippen LogP contribution in [-0.2, 0) is 0 Å². The minimum Gasteiger partial charge on any atom is -0.367 e. The van der Waals surface area contributed by atoms with Crippen molar-refractivity contribution in [1.82, 2.24) is 14.5 Å². The standard InChI is InChI=1S/C21H21ClN4OS/c1-28-21-23-9-10-26(21)17-6-4-5-16(15-17)20(27)25-13-11-24(12-14-25)19-8-3-2-7-18(19)22/h2-10,15H,11-14H2,1H3. The minimum absolute atomic E-state index is 0.0616. The average Bonchev–Trinajstić information content (AvgIpc) is 3.23. The van der Waals surface area contributed by atoms with Crippen LogP contribution in [0.4, 0.5) is 5.69 Å². The van der Waals surface area contributed by atoms with Gasteiger partial charge in [0.25, 0.3) is 5.91 Å². The number of benzene rings is 2. The van der Waals surface area contributed by atoms with Gasteiger partial charge in [-0.25, -0.2) is 4.98 Å². The summed E-state index contributed by atoms with van der Waals surface area (Å²) in [6, 6.07) is 15.6. The fourth-order valence-electron chi connectivity index (χ4n) is 3.47. The summed E-state index contributed by atoms with van der Waals surface area (Å²) in [6.45, 7) is 2.89. The van der Waals surface area contributed by atoms with Crippen molar-refractivity contribution < 1.29 is 4.79 Å². The number of piperazine rings is 1. The van der Waals surface area contributed by atoms with E-state index in [2.05, 4.69) is 9.88 Å². The third-order valence-corrected chi connectivity index (χ3v) is 5.91. The second kappa shape index (κ2) is 8.29. The summed E-state index contributed by atoms with van der Waals surface area (Å²) in [5.74, 6) is 0.0616. The Labute approximate surface area is 173 Å². The van der Waals surface area contributed by atoms with Crippen LogP contribution < -0.4 is 4.90 Å². The van der Waals surface area contributed by atoms with Crippen LogP contribution in [-0.4, -0.2) is 52.8 Å². The van der Waals surface area contributed by atoms with Gasteiger partial charge in [-0.1, -0.05) is 41.6 Å². The zero-order valence-corrected chi connectivity index (χ0v) is 17.2. The van der Waals surface area contributed by atoms with E-state index in [1.807, 2.05) is 70.5 Å². The second-order valence-corrected chi connectivity index (χ2v) is 7.75. The van der Waals surface area contributed by atoms with Gasteiger partial charge in [-0.05, 0) is 36.6 Å². The van der Waals surface area contributed by atoms with Crippen molar-refractivity contribution in [3.63, 3.8) is 0 Å². The summed E-state index contributed by atoms with van der Waals surface area (Å²) in [7, 11) is 0. The van der Waals surface area contributed by atoms with Crippen LogP contribution in [0.5, 0.6) is 0 Å². The van der Waals surface area contributed by atoms with Crippen LogP contribution in [0.2, 0.25) is 5.02 Å². The minimum atomic E-state index is 0.0616. The number of nitrogens with zero attached hydrogens (tertiary/aromatic N) is 4. The topological polar surface area (TPSA) is 41.4 Å². The van der Waals surface area contributed by atoms with Crippen LogP contribution >= 0.6 is 23.4 Å². The van der Waals surface area contributed by atoms with Gasteiger partial charge < -0.3 is 9.80 Å². The zero-order chi connectivity index (χ0) is 19.5. The summed E-state index contributed by atoms with van der Waals surface area (Å²) < 4.78 is 2.00. The fourth-order valence-corrected chi connectivity index (χ4v) is 4.25. The van der Waals surface area contributed by atoms with Gasteiger partial charge in [0.2, 0.25) is 0 Å². The molecule has 1 saturated heterocycles. The first-order chi connectivity index (χ1) is 13.7. The molecule has 4 rings (SSSR count). The van der Waals surface area contributed by atoms with E-state index in [-0.39, 0.29) is 5.91 Å². The van der Waals surface area contributed by atoms with Crippen molar-refractivity contribution in [2.45, 2.75) is 5.16 Å². The quantitative estimate of drug-likeness (QED) is 0.602. The summed E-state index contributed by atoms with van der Waals surface area (Å²) in [5, 5.41) is 1.65. The highest BCUT2D eigenvalue weighted by molar-refractivity contribution is 7.98. The molecule has 7 heteroatoms. The number of amides is 1. The molecule has 0 spiro atoms. The number of rotatable bonds is 4. The Hall–Kier alpha value is -2.44. The van der Waals surface area contributed by atoms with Crippen LogP contribution in [0.3, 0.4) is 0 Å². The maximum Gasteiger partial charge on any atom is 0.254 e. The first-order valence-corrected chi connectivity index (χ1v) is 10.7. The third kappa shape index (κ3) is 3.75. The first kappa shape index (κ1) is 18.9. The lowest BCUT2D eigenvalue weighted by molar-refractivity contribution is 0.0747. The van der Waals surface area contributed by atoms with Gasteiger partial charge in [0.05, 0.1) is 10.7 Å². The maximum absolute atomic E-state index is 13.0. The zero-order valence-electron chi connectivity index (χ0n) is 15.6. The molecule has 3 aromatic rings. The van der Waals surface area contributed by atoms with E-state index < -0.39 is 0 Å². The van der Waals surface area contributed by atoms with E-state index in [0.29, 0.717) is 18.7 Å². The first-order valence-electron chi connectivity index (χ1n) is 9.14. The molecular weight excluding hydrogens is 392 g/mol. The molecule has 28 heavy (non-hydrogen) atoms. The van der Waals surface area contributed by atoms with Gasteiger partial charge in [0, 0.05) is 49.8 Å². The summed E-state index contributed by atoms with van der Waals surface area (Å²) in [6.07, 6.45) is 5.68. The Bertz CT molecular complexity index is 982. The largest absolute Gasteiger partial charge is 0.367 e. The highest BCUT2D eigenvalue weighted by atomic mass is 35.5. The predicted molar refractivity (Wildman–Crippen MR) is 115 cm³/mol. The van der Waals surface area contributed by atoms with Gasteiger partial charge in [-0.3, -0.25) is 9.36 Å². The molecule has 0 radical (unpaired) electrons. The number of carbonyl (C=O) groups is 1. The van der Waals surface area contributed by atoms with E-state index in [9.17, 15) is 4.79 Å². The molecule has 0 atom stereocenters. The highest BCUT2D eigenvalue weighted by Crippen LogP contribution is 2.26. The van der Waals surface area contributed by atoms with Crippen molar-refractivity contribution in [2.75, 3.05) is 37.3 Å². The number of hydrogen-bond donors (Lipinski definition) is 0. The number of aromatic nitrogens is 2. The van der Waals surface area contributed by atoms with Crippen LogP contribution in [0.25, 0.3) is 5.69 Å². The van der Waals surface area contributed by atoms with E-state index in [4.69, 9.17) is 11.6 Å². The number of carbonyl (C=O) groups excluding carboxylic acids is 1. The van der Waals surface area contributed by atoms with Gasteiger partial charge in [-0.2, -0.15) is 0 Å². The molecule has 0 unspecified atom stereocenters. The Morgan fingerprint density at radius 3 is 2.61 bits per heavy atom. The molecule has 2 heterocycles. The van der Waals surface area contributed by atoms with Gasteiger partial charge >= 0.3 is 0 Å². The van der Waals surface area contributed by atoms with Crippen molar-refractivity contribution in [3.8, 4) is 5.69 Å². The van der Waals surface area contributed by atoms with E-state index in [0.717, 1.165) is 34.6 Å². The molecule has 1 fully saturated rings. The molecule has 0 N–H and O–H groups in total. The molecular formula is C21H21ClN4OS.